The summed E-state index contributed by atoms with van der Waals surface area (Å²) in [6.07, 6.45) is 0.820. The minimum atomic E-state index is -0.189. The molecular formula is C21H24N2O3. The van der Waals surface area contributed by atoms with E-state index >= 15 is 0 Å². The van der Waals surface area contributed by atoms with E-state index in [1.54, 1.807) is 4.90 Å². The van der Waals surface area contributed by atoms with E-state index in [4.69, 9.17) is 4.74 Å². The van der Waals surface area contributed by atoms with Gasteiger partial charge in [0.05, 0.1) is 11.8 Å². The molecule has 0 spiro atoms. The number of amides is 2. The number of ether oxygens (including phenoxy) is 1. The molecule has 2 aromatic rings. The zero-order valence-electron chi connectivity index (χ0n) is 15.4. The first-order valence-corrected chi connectivity index (χ1v) is 8.89. The number of hydrogen-bond donors (Lipinski definition) is 0. The van der Waals surface area contributed by atoms with Gasteiger partial charge in [-0.2, -0.15) is 0 Å². The molecule has 1 heterocycles. The molecule has 0 fully saturated rings. The molecule has 0 saturated carbocycles. The van der Waals surface area contributed by atoms with Crippen molar-refractivity contribution in [1.29, 1.82) is 0 Å². The van der Waals surface area contributed by atoms with Gasteiger partial charge < -0.3 is 9.64 Å². The fourth-order valence-electron chi connectivity index (χ4n) is 3.22. The third-order valence-electron chi connectivity index (χ3n) is 4.38. The molecule has 0 N–H and O–H groups in total. The molecule has 2 aromatic carbocycles. The molecule has 1 aliphatic rings. The molecule has 136 valence electrons. The van der Waals surface area contributed by atoms with E-state index < -0.39 is 0 Å². The molecule has 1 aliphatic heterocycles. The Labute approximate surface area is 154 Å². The van der Waals surface area contributed by atoms with Crippen LogP contribution in [0.3, 0.4) is 0 Å². The summed E-state index contributed by atoms with van der Waals surface area (Å²) in [5.74, 6) is 0.322. The Hall–Kier alpha value is -2.82. The molecular weight excluding hydrogens is 328 g/mol. The minimum Gasteiger partial charge on any atom is -0.489 e. The van der Waals surface area contributed by atoms with Crippen molar-refractivity contribution in [3.8, 4) is 5.75 Å². The van der Waals surface area contributed by atoms with Crippen molar-refractivity contribution in [2.75, 3.05) is 22.9 Å². The third kappa shape index (κ3) is 3.72. The number of rotatable bonds is 5. The van der Waals surface area contributed by atoms with E-state index in [2.05, 4.69) is 0 Å². The van der Waals surface area contributed by atoms with E-state index in [0.717, 1.165) is 12.1 Å². The number of para-hydroxylation sites is 3. The van der Waals surface area contributed by atoms with E-state index in [0.29, 0.717) is 18.0 Å². The van der Waals surface area contributed by atoms with Gasteiger partial charge in [0.25, 0.3) is 0 Å². The minimum absolute atomic E-state index is 0.0118. The van der Waals surface area contributed by atoms with Crippen molar-refractivity contribution in [2.24, 2.45) is 0 Å². The van der Waals surface area contributed by atoms with Gasteiger partial charge in [0.15, 0.2) is 0 Å². The monoisotopic (exact) mass is 352 g/mol. The summed E-state index contributed by atoms with van der Waals surface area (Å²) < 4.78 is 5.82. The Bertz CT molecular complexity index is 816. The average molecular weight is 352 g/mol. The van der Waals surface area contributed by atoms with Gasteiger partial charge in [0, 0.05) is 19.2 Å². The Morgan fingerprint density at radius 3 is 2.54 bits per heavy atom. The molecule has 3 rings (SSSR count). The second-order valence-corrected chi connectivity index (χ2v) is 6.66. The Kier molecular flexibility index (Phi) is 5.26. The number of hydrogen-bond acceptors (Lipinski definition) is 3. The predicted molar refractivity (Wildman–Crippen MR) is 103 cm³/mol. The van der Waals surface area contributed by atoms with Crippen LogP contribution in [0.4, 0.5) is 11.4 Å². The number of carbonyl (C=O) groups is 2. The zero-order chi connectivity index (χ0) is 18.7. The van der Waals surface area contributed by atoms with Crippen LogP contribution in [0.1, 0.15) is 26.3 Å². The largest absolute Gasteiger partial charge is 0.489 e. The zero-order valence-corrected chi connectivity index (χ0v) is 15.4. The van der Waals surface area contributed by atoms with Gasteiger partial charge in [-0.1, -0.05) is 30.3 Å². The van der Waals surface area contributed by atoms with Crippen LogP contribution in [-0.4, -0.2) is 31.0 Å². The van der Waals surface area contributed by atoms with Crippen molar-refractivity contribution in [3.63, 3.8) is 0 Å². The first-order chi connectivity index (χ1) is 12.5. The number of benzene rings is 2. The average Bonchev–Trinajstić information content (AvgIpc) is 3.04. The number of fused-ring (bicyclic) bond motifs is 1. The Balaban J connectivity index is 1.85. The maximum Gasteiger partial charge on any atom is 0.247 e. The fraction of sp³-hybridized carbons (Fsp3) is 0.333. The lowest BCUT2D eigenvalue weighted by atomic mass is 10.2. The van der Waals surface area contributed by atoms with Crippen LogP contribution in [0.5, 0.6) is 5.75 Å². The van der Waals surface area contributed by atoms with Crippen LogP contribution in [0.25, 0.3) is 0 Å². The normalized spacial score (nSPS) is 12.8. The maximum atomic E-state index is 12.9. The van der Waals surface area contributed by atoms with Gasteiger partial charge in [0.2, 0.25) is 11.8 Å². The van der Waals surface area contributed by atoms with Crippen molar-refractivity contribution in [2.45, 2.75) is 33.3 Å². The fourth-order valence-corrected chi connectivity index (χ4v) is 3.22. The second-order valence-electron chi connectivity index (χ2n) is 6.66. The standard InChI is InChI=1S/C21H24N2O3/c1-15(2)26-20-11-7-6-10-19(20)23(16(3)24)14-21(25)22-13-12-17-8-4-5-9-18(17)22/h4-11,15H,12-14H2,1-3H3. The molecule has 26 heavy (non-hydrogen) atoms. The van der Waals surface area contributed by atoms with Crippen LogP contribution in [0.2, 0.25) is 0 Å². The maximum absolute atomic E-state index is 12.9. The molecule has 0 unspecified atom stereocenters. The Morgan fingerprint density at radius 2 is 1.81 bits per heavy atom. The van der Waals surface area contributed by atoms with Crippen LogP contribution in [0, 0.1) is 0 Å². The summed E-state index contributed by atoms with van der Waals surface area (Å²) in [5, 5.41) is 0. The second kappa shape index (κ2) is 7.60. The molecule has 0 aromatic heterocycles. The summed E-state index contributed by atoms with van der Waals surface area (Å²) in [7, 11) is 0. The lowest BCUT2D eigenvalue weighted by Crippen LogP contribution is -2.42. The molecule has 5 heteroatoms. The first kappa shape index (κ1) is 18.0. The molecule has 2 amide bonds. The van der Waals surface area contributed by atoms with Gasteiger partial charge in [0.1, 0.15) is 12.3 Å². The molecule has 0 radical (unpaired) electrons. The van der Waals surface area contributed by atoms with Gasteiger partial charge in [-0.3, -0.25) is 14.5 Å². The highest BCUT2D eigenvalue weighted by atomic mass is 16.5. The van der Waals surface area contributed by atoms with Crippen molar-refractivity contribution < 1.29 is 14.3 Å². The molecule has 0 bridgehead atoms. The topological polar surface area (TPSA) is 49.9 Å². The van der Waals surface area contributed by atoms with E-state index in [1.807, 2.05) is 62.4 Å². The summed E-state index contributed by atoms with van der Waals surface area (Å²) in [6, 6.07) is 15.2. The van der Waals surface area contributed by atoms with Gasteiger partial charge in [-0.05, 0) is 44.0 Å². The molecule has 0 aliphatic carbocycles. The first-order valence-electron chi connectivity index (χ1n) is 8.89. The lowest BCUT2D eigenvalue weighted by molar-refractivity contribution is -0.121. The summed E-state index contributed by atoms with van der Waals surface area (Å²) in [6.45, 7) is 5.97. The van der Waals surface area contributed by atoms with Crippen molar-refractivity contribution in [3.05, 3.63) is 54.1 Å². The van der Waals surface area contributed by atoms with Gasteiger partial charge in [-0.15, -0.1) is 0 Å². The van der Waals surface area contributed by atoms with Crippen molar-refractivity contribution in [1.82, 2.24) is 0 Å². The van der Waals surface area contributed by atoms with E-state index in [-0.39, 0.29) is 24.5 Å². The SMILES string of the molecule is CC(=O)N(CC(=O)N1CCc2ccccc21)c1ccccc1OC(C)C. The number of carbonyl (C=O) groups excluding carboxylic acids is 2. The molecule has 0 saturated heterocycles. The predicted octanol–water partition coefficient (Wildman–Crippen LogP) is 3.42. The summed E-state index contributed by atoms with van der Waals surface area (Å²) in [5.41, 5.74) is 2.72. The summed E-state index contributed by atoms with van der Waals surface area (Å²) >= 11 is 0. The highest BCUT2D eigenvalue weighted by molar-refractivity contribution is 6.04. The smallest absolute Gasteiger partial charge is 0.247 e. The lowest BCUT2D eigenvalue weighted by Gasteiger charge is -2.26. The Morgan fingerprint density at radius 1 is 1.12 bits per heavy atom. The molecule has 0 atom stereocenters. The van der Waals surface area contributed by atoms with Gasteiger partial charge in [-0.25, -0.2) is 0 Å². The van der Waals surface area contributed by atoms with Crippen molar-refractivity contribution >= 4 is 23.2 Å². The van der Waals surface area contributed by atoms with Crippen LogP contribution in [-0.2, 0) is 16.0 Å². The van der Waals surface area contributed by atoms with E-state index in [9.17, 15) is 9.59 Å². The van der Waals surface area contributed by atoms with Crippen LogP contribution >= 0.6 is 0 Å². The van der Waals surface area contributed by atoms with Crippen LogP contribution in [0.15, 0.2) is 48.5 Å². The van der Waals surface area contributed by atoms with Gasteiger partial charge >= 0.3 is 0 Å². The highest BCUT2D eigenvalue weighted by Crippen LogP contribution is 2.31. The summed E-state index contributed by atoms with van der Waals surface area (Å²) in [4.78, 5) is 28.4. The highest BCUT2D eigenvalue weighted by Gasteiger charge is 2.27. The molecule has 5 nitrogen and oxygen atoms in total. The quantitative estimate of drug-likeness (QED) is 0.828. The van der Waals surface area contributed by atoms with Crippen LogP contribution < -0.4 is 14.5 Å². The third-order valence-corrected chi connectivity index (χ3v) is 4.38. The number of anilines is 2. The number of nitrogens with zero attached hydrogens (tertiary/aromatic N) is 2. The van der Waals surface area contributed by atoms with E-state index in [1.165, 1.54) is 17.4 Å².